The van der Waals surface area contributed by atoms with Crippen molar-refractivity contribution in [3.05, 3.63) is 85.8 Å². The molecule has 0 radical (unpaired) electrons. The van der Waals surface area contributed by atoms with Gasteiger partial charge in [0.15, 0.2) is 11.5 Å². The van der Waals surface area contributed by atoms with E-state index in [4.69, 9.17) is 55.9 Å². The average Bonchev–Trinajstić information content (AvgIpc) is 2.84. The molecule has 0 fully saturated rings. The van der Waals surface area contributed by atoms with E-state index >= 15 is 0 Å². The molecule has 7 nitrogen and oxygen atoms in total. The van der Waals surface area contributed by atoms with Crippen LogP contribution in [0.5, 0.6) is 11.5 Å². The van der Waals surface area contributed by atoms with Crippen LogP contribution in [0.2, 0.25) is 20.1 Å². The number of hydrogen-bond donors (Lipinski definition) is 2. The highest BCUT2D eigenvalue weighted by Crippen LogP contribution is 2.31. The Labute approximate surface area is 221 Å². The molecule has 35 heavy (non-hydrogen) atoms. The summed E-state index contributed by atoms with van der Waals surface area (Å²) in [5.41, 5.74) is 4.25. The van der Waals surface area contributed by atoms with Gasteiger partial charge in [-0.2, -0.15) is 5.10 Å². The maximum absolute atomic E-state index is 12.2. The molecule has 0 heterocycles. The number of carbonyl (C=O) groups excluding carboxylic acids is 2. The van der Waals surface area contributed by atoms with Crippen LogP contribution in [0, 0.1) is 0 Å². The summed E-state index contributed by atoms with van der Waals surface area (Å²) in [6, 6.07) is 14.9. The fourth-order valence-electron chi connectivity index (χ4n) is 2.84. The lowest BCUT2D eigenvalue weighted by Gasteiger charge is -2.13. The van der Waals surface area contributed by atoms with Crippen molar-refractivity contribution in [3.63, 3.8) is 0 Å². The van der Waals surface area contributed by atoms with Gasteiger partial charge in [-0.25, -0.2) is 5.43 Å². The Morgan fingerprint density at radius 2 is 1.69 bits per heavy atom. The quantitative estimate of drug-likeness (QED) is 0.202. The van der Waals surface area contributed by atoms with Crippen LogP contribution in [-0.2, 0) is 16.2 Å². The smallest absolute Gasteiger partial charge is 0.329 e. The molecule has 0 atom stereocenters. The van der Waals surface area contributed by atoms with Crippen molar-refractivity contribution in [1.82, 2.24) is 5.43 Å². The largest absolute Gasteiger partial charge is 0.493 e. The van der Waals surface area contributed by atoms with Gasteiger partial charge in [-0.1, -0.05) is 58.5 Å². The number of halogens is 4. The molecule has 3 rings (SSSR count). The van der Waals surface area contributed by atoms with Crippen molar-refractivity contribution >= 4 is 69.6 Å². The van der Waals surface area contributed by atoms with Crippen molar-refractivity contribution in [3.8, 4) is 11.5 Å². The zero-order valence-corrected chi connectivity index (χ0v) is 21.5. The molecule has 2 N–H and O–H groups in total. The number of anilines is 1. The predicted octanol–water partition coefficient (Wildman–Crippen LogP) is 6.37. The molecule has 0 aliphatic heterocycles. The lowest BCUT2D eigenvalue weighted by molar-refractivity contribution is -0.136. The first-order valence-electron chi connectivity index (χ1n) is 10.0. The van der Waals surface area contributed by atoms with Gasteiger partial charge in [0.1, 0.15) is 6.61 Å². The van der Waals surface area contributed by atoms with Gasteiger partial charge in [0.05, 0.1) is 28.6 Å². The van der Waals surface area contributed by atoms with Crippen LogP contribution in [-0.4, -0.2) is 24.6 Å². The third kappa shape index (κ3) is 7.02. The first-order valence-corrected chi connectivity index (χ1v) is 11.6. The summed E-state index contributed by atoms with van der Waals surface area (Å²) in [7, 11) is 1.50. The first-order chi connectivity index (χ1) is 16.7. The summed E-state index contributed by atoms with van der Waals surface area (Å²) in [5, 5.41) is 7.77. The molecular formula is C24H19Cl4N3O4. The number of carbonyl (C=O) groups is 2. The Hall–Kier alpha value is -2.97. The van der Waals surface area contributed by atoms with Crippen LogP contribution in [0.3, 0.4) is 0 Å². The van der Waals surface area contributed by atoms with E-state index in [2.05, 4.69) is 15.8 Å². The molecule has 182 valence electrons. The SMILES string of the molecule is COc1cc(/C(C)=N/NC(=O)C(=O)Nc2cccc(Cl)c2Cl)ccc1OCc1ccc(Cl)cc1Cl. The van der Waals surface area contributed by atoms with Crippen molar-refractivity contribution in [2.45, 2.75) is 13.5 Å². The van der Waals surface area contributed by atoms with Gasteiger partial charge in [-0.3, -0.25) is 9.59 Å². The monoisotopic (exact) mass is 553 g/mol. The van der Waals surface area contributed by atoms with E-state index in [0.717, 1.165) is 5.56 Å². The molecule has 11 heteroatoms. The third-order valence-electron chi connectivity index (χ3n) is 4.71. The number of ether oxygens (including phenoxy) is 2. The maximum Gasteiger partial charge on any atom is 0.329 e. The number of methoxy groups -OCH3 is 1. The number of hydrazone groups is 1. The highest BCUT2D eigenvalue weighted by Gasteiger charge is 2.16. The number of amides is 2. The number of nitrogens with one attached hydrogen (secondary N) is 2. The summed E-state index contributed by atoms with van der Waals surface area (Å²) >= 11 is 24.0. The standard InChI is InChI=1S/C24H19Cl4N3O4/c1-13(30-31-24(33)23(32)29-19-5-3-4-17(26)22(19)28)14-7-9-20(21(10-14)34-2)35-12-15-6-8-16(25)11-18(15)27/h3-11H,12H2,1-2H3,(H,29,32)(H,31,33)/b30-13+. The maximum atomic E-state index is 12.2. The minimum Gasteiger partial charge on any atom is -0.493 e. The molecule has 0 aromatic heterocycles. The van der Waals surface area contributed by atoms with Crippen molar-refractivity contribution in [1.29, 1.82) is 0 Å². The van der Waals surface area contributed by atoms with Crippen LogP contribution in [0.15, 0.2) is 59.7 Å². The normalized spacial score (nSPS) is 11.1. The van der Waals surface area contributed by atoms with Gasteiger partial charge in [0.2, 0.25) is 0 Å². The lowest BCUT2D eigenvalue weighted by atomic mass is 10.1. The van der Waals surface area contributed by atoms with Gasteiger partial charge in [0, 0.05) is 21.2 Å². The second kappa shape index (κ2) is 12.1. The van der Waals surface area contributed by atoms with E-state index in [1.165, 1.54) is 13.2 Å². The topological polar surface area (TPSA) is 89.0 Å². The Balaban J connectivity index is 1.65. The van der Waals surface area contributed by atoms with Gasteiger partial charge in [-0.15, -0.1) is 0 Å². The van der Waals surface area contributed by atoms with E-state index in [9.17, 15) is 9.59 Å². The summed E-state index contributed by atoms with van der Waals surface area (Å²) < 4.78 is 11.3. The predicted molar refractivity (Wildman–Crippen MR) is 139 cm³/mol. The number of benzene rings is 3. The zero-order valence-electron chi connectivity index (χ0n) is 18.5. The first kappa shape index (κ1) is 26.6. The molecule has 0 bridgehead atoms. The van der Waals surface area contributed by atoms with E-state index in [1.807, 2.05) is 0 Å². The Morgan fingerprint density at radius 1 is 0.914 bits per heavy atom. The van der Waals surface area contributed by atoms with E-state index in [-0.39, 0.29) is 22.3 Å². The highest BCUT2D eigenvalue weighted by atomic mass is 35.5. The highest BCUT2D eigenvalue weighted by molar-refractivity contribution is 6.45. The second-order valence-electron chi connectivity index (χ2n) is 7.08. The minimum absolute atomic E-state index is 0.128. The Bertz CT molecular complexity index is 1300. The lowest BCUT2D eigenvalue weighted by Crippen LogP contribution is -2.33. The molecule has 0 saturated carbocycles. The van der Waals surface area contributed by atoms with Crippen LogP contribution in [0.25, 0.3) is 0 Å². The van der Waals surface area contributed by atoms with Gasteiger partial charge < -0.3 is 14.8 Å². The molecule has 3 aromatic rings. The van der Waals surface area contributed by atoms with Gasteiger partial charge >= 0.3 is 11.8 Å². The number of rotatable bonds is 7. The van der Waals surface area contributed by atoms with E-state index in [1.54, 1.807) is 55.5 Å². The summed E-state index contributed by atoms with van der Waals surface area (Å²) in [6.45, 7) is 1.87. The molecule has 0 spiro atoms. The molecule has 0 unspecified atom stereocenters. The van der Waals surface area contributed by atoms with E-state index < -0.39 is 11.8 Å². The van der Waals surface area contributed by atoms with Gasteiger partial charge in [-0.05, 0) is 49.4 Å². The number of hydrogen-bond acceptors (Lipinski definition) is 5. The Morgan fingerprint density at radius 3 is 2.40 bits per heavy atom. The molecular weight excluding hydrogens is 536 g/mol. The van der Waals surface area contributed by atoms with Crippen LogP contribution in [0.1, 0.15) is 18.1 Å². The van der Waals surface area contributed by atoms with E-state index in [0.29, 0.717) is 32.8 Å². The van der Waals surface area contributed by atoms with Crippen molar-refractivity contribution in [2.24, 2.45) is 5.10 Å². The molecule has 0 saturated heterocycles. The third-order valence-corrected chi connectivity index (χ3v) is 6.12. The fourth-order valence-corrected chi connectivity index (χ4v) is 3.65. The molecule has 0 aliphatic carbocycles. The summed E-state index contributed by atoms with van der Waals surface area (Å²) in [6.07, 6.45) is 0. The van der Waals surface area contributed by atoms with Crippen LogP contribution in [0.4, 0.5) is 5.69 Å². The number of nitrogens with zero attached hydrogens (tertiary/aromatic N) is 1. The van der Waals surface area contributed by atoms with Crippen molar-refractivity contribution in [2.75, 3.05) is 12.4 Å². The summed E-state index contributed by atoms with van der Waals surface area (Å²) in [4.78, 5) is 24.3. The molecule has 3 aromatic carbocycles. The average molecular weight is 555 g/mol. The van der Waals surface area contributed by atoms with Crippen LogP contribution < -0.4 is 20.2 Å². The van der Waals surface area contributed by atoms with Crippen molar-refractivity contribution < 1.29 is 19.1 Å². The molecule has 0 aliphatic rings. The Kier molecular flexibility index (Phi) is 9.23. The van der Waals surface area contributed by atoms with Gasteiger partial charge in [0.25, 0.3) is 0 Å². The van der Waals surface area contributed by atoms with Crippen LogP contribution >= 0.6 is 46.4 Å². The molecule has 2 amide bonds. The summed E-state index contributed by atoms with van der Waals surface area (Å²) in [5.74, 6) is -1.00. The second-order valence-corrected chi connectivity index (χ2v) is 8.71. The zero-order chi connectivity index (χ0) is 25.5. The minimum atomic E-state index is -0.979. The fraction of sp³-hybridized carbons (Fsp3) is 0.125.